The maximum absolute atomic E-state index is 7.36. The monoisotopic (exact) mass is 135 g/mol. The molecule has 10 heavy (non-hydrogen) atoms. The van der Waals surface area contributed by atoms with Gasteiger partial charge in [0.1, 0.15) is 18.1 Å². The van der Waals surface area contributed by atoms with Crippen molar-refractivity contribution in [3.05, 3.63) is 30.2 Å². The minimum absolute atomic E-state index is 0.420. The Morgan fingerprint density at radius 3 is 3.30 bits per heavy atom. The second kappa shape index (κ2) is 1.70. The third kappa shape index (κ3) is 0.556. The molecule has 50 valence electrons. The molecule has 0 radical (unpaired) electrons. The largest absolute Gasteiger partial charge is 0.381 e. The van der Waals surface area contributed by atoms with Gasteiger partial charge in [0.25, 0.3) is 0 Å². The van der Waals surface area contributed by atoms with Gasteiger partial charge in [-0.25, -0.2) is 4.98 Å². The Morgan fingerprint density at radius 2 is 2.50 bits per heavy atom. The molecule has 0 saturated carbocycles. The number of nitrogens with one attached hydrogen (secondary N) is 1. The van der Waals surface area contributed by atoms with Crippen LogP contribution in [0.4, 0.5) is 0 Å². The molecule has 0 saturated heterocycles. The fourth-order valence-electron chi connectivity index (χ4n) is 0.805. The summed E-state index contributed by atoms with van der Waals surface area (Å²) in [6.07, 6.45) is 4.57. The predicted molar refractivity (Wildman–Crippen MR) is 33.3 cm³/mol. The smallest absolute Gasteiger partial charge is 0.133 e. The lowest BCUT2D eigenvalue weighted by atomic mass is 10.5. The molecule has 4 nitrogen and oxygen atoms in total. The van der Waals surface area contributed by atoms with Crippen molar-refractivity contribution in [2.75, 3.05) is 0 Å². The van der Waals surface area contributed by atoms with Crippen LogP contribution in [-0.2, 0) is 0 Å². The number of imidazole rings is 1. The highest BCUT2D eigenvalue weighted by Crippen LogP contribution is 1.91. The summed E-state index contributed by atoms with van der Waals surface area (Å²) in [4.78, 5) is 3.81. The summed E-state index contributed by atoms with van der Waals surface area (Å²) in [5.41, 5.74) is 0.683. The standard InChI is InChI=1S/C6H5N3O/c7-5-1-2-10-9-4-8-3-6(5)9/h1-4,7H. The van der Waals surface area contributed by atoms with E-state index in [1.54, 1.807) is 12.3 Å². The summed E-state index contributed by atoms with van der Waals surface area (Å²) in [5.74, 6) is 0. The van der Waals surface area contributed by atoms with E-state index < -0.39 is 0 Å². The van der Waals surface area contributed by atoms with Gasteiger partial charge in [-0.2, -0.15) is 4.57 Å². The van der Waals surface area contributed by atoms with Gasteiger partial charge in [0.15, 0.2) is 0 Å². The summed E-state index contributed by atoms with van der Waals surface area (Å²) >= 11 is 0. The molecule has 2 aromatic rings. The van der Waals surface area contributed by atoms with E-state index in [9.17, 15) is 0 Å². The normalized spacial score (nSPS) is 10.4. The van der Waals surface area contributed by atoms with Crippen LogP contribution in [0.2, 0.25) is 0 Å². The van der Waals surface area contributed by atoms with Crippen LogP contribution in [0, 0.1) is 5.41 Å². The molecule has 0 unspecified atom stereocenters. The Hall–Kier alpha value is -1.58. The highest BCUT2D eigenvalue weighted by molar-refractivity contribution is 5.39. The fraction of sp³-hybridized carbons (Fsp3) is 0. The van der Waals surface area contributed by atoms with Crippen LogP contribution in [0.15, 0.2) is 29.4 Å². The number of aromatic nitrogens is 2. The van der Waals surface area contributed by atoms with Crippen molar-refractivity contribution in [2.45, 2.75) is 0 Å². The molecule has 0 aromatic carbocycles. The number of fused-ring (bicyclic) bond motifs is 1. The fourth-order valence-corrected chi connectivity index (χ4v) is 0.805. The second-order valence-corrected chi connectivity index (χ2v) is 1.93. The van der Waals surface area contributed by atoms with E-state index in [1.165, 1.54) is 17.2 Å². The van der Waals surface area contributed by atoms with Gasteiger partial charge < -0.3 is 4.52 Å². The topological polar surface area (TPSA) is 54.3 Å². The van der Waals surface area contributed by atoms with Crippen LogP contribution in [0.3, 0.4) is 0 Å². The van der Waals surface area contributed by atoms with Gasteiger partial charge in [-0.15, -0.1) is 0 Å². The minimum Gasteiger partial charge on any atom is -0.381 e. The van der Waals surface area contributed by atoms with Gasteiger partial charge in [0.2, 0.25) is 0 Å². The lowest BCUT2D eigenvalue weighted by Crippen LogP contribution is -2.00. The van der Waals surface area contributed by atoms with Crippen LogP contribution in [-0.4, -0.2) is 9.56 Å². The van der Waals surface area contributed by atoms with Gasteiger partial charge >= 0.3 is 0 Å². The molecular weight excluding hydrogens is 130 g/mol. The van der Waals surface area contributed by atoms with Crippen molar-refractivity contribution in [1.82, 2.24) is 9.56 Å². The van der Waals surface area contributed by atoms with Gasteiger partial charge in [-0.1, -0.05) is 0 Å². The summed E-state index contributed by atoms with van der Waals surface area (Å²) in [5, 5.41) is 7.78. The summed E-state index contributed by atoms with van der Waals surface area (Å²) in [7, 11) is 0. The highest BCUT2D eigenvalue weighted by Gasteiger charge is 1.92. The van der Waals surface area contributed by atoms with Crippen molar-refractivity contribution in [3.63, 3.8) is 0 Å². The first-order valence-electron chi connectivity index (χ1n) is 2.83. The van der Waals surface area contributed by atoms with E-state index in [0.29, 0.717) is 10.9 Å². The zero-order valence-corrected chi connectivity index (χ0v) is 5.11. The Kier molecular flexibility index (Phi) is 0.887. The summed E-state index contributed by atoms with van der Waals surface area (Å²) in [6.45, 7) is 0. The van der Waals surface area contributed by atoms with E-state index in [0.717, 1.165) is 0 Å². The lowest BCUT2D eigenvalue weighted by molar-refractivity contribution is 0.358. The molecule has 0 aliphatic rings. The van der Waals surface area contributed by atoms with E-state index in [1.807, 2.05) is 0 Å². The quantitative estimate of drug-likeness (QED) is 0.568. The first-order chi connectivity index (χ1) is 4.88. The summed E-state index contributed by atoms with van der Waals surface area (Å²) < 4.78 is 6.41. The molecule has 1 N–H and O–H groups in total. The molecule has 2 aromatic heterocycles. The Balaban J connectivity index is 3.09. The lowest BCUT2D eigenvalue weighted by Gasteiger charge is -1.88. The van der Waals surface area contributed by atoms with E-state index in [2.05, 4.69) is 4.98 Å². The molecule has 0 bridgehead atoms. The molecule has 2 rings (SSSR count). The van der Waals surface area contributed by atoms with Crippen LogP contribution in [0.5, 0.6) is 0 Å². The zero-order chi connectivity index (χ0) is 6.97. The summed E-state index contributed by atoms with van der Waals surface area (Å²) in [6, 6.07) is 1.58. The second-order valence-electron chi connectivity index (χ2n) is 1.93. The van der Waals surface area contributed by atoms with Crippen LogP contribution >= 0.6 is 0 Å². The van der Waals surface area contributed by atoms with Crippen molar-refractivity contribution in [3.8, 4) is 0 Å². The molecule has 2 heterocycles. The van der Waals surface area contributed by atoms with E-state index in [4.69, 9.17) is 9.93 Å². The van der Waals surface area contributed by atoms with Gasteiger partial charge in [-0.05, 0) is 0 Å². The van der Waals surface area contributed by atoms with Crippen molar-refractivity contribution in [1.29, 1.82) is 5.41 Å². The average Bonchev–Trinajstić information content (AvgIpc) is 2.36. The highest BCUT2D eigenvalue weighted by atomic mass is 16.5. The average molecular weight is 135 g/mol. The van der Waals surface area contributed by atoms with Crippen molar-refractivity contribution in [2.24, 2.45) is 0 Å². The van der Waals surface area contributed by atoms with E-state index in [-0.39, 0.29) is 0 Å². The van der Waals surface area contributed by atoms with Gasteiger partial charge in [0.05, 0.1) is 11.6 Å². The van der Waals surface area contributed by atoms with Crippen molar-refractivity contribution >= 4 is 5.52 Å². The van der Waals surface area contributed by atoms with Gasteiger partial charge in [-0.3, -0.25) is 5.41 Å². The van der Waals surface area contributed by atoms with Gasteiger partial charge in [0, 0.05) is 6.07 Å². The number of hydrogen-bond acceptors (Lipinski definition) is 3. The molecule has 0 fully saturated rings. The predicted octanol–water partition coefficient (Wildman–Crippen LogP) is 0.407. The number of hydrogen-bond donors (Lipinski definition) is 1. The zero-order valence-electron chi connectivity index (χ0n) is 5.11. The van der Waals surface area contributed by atoms with Crippen LogP contribution < -0.4 is 5.36 Å². The molecule has 0 spiro atoms. The number of nitrogens with zero attached hydrogens (tertiary/aromatic N) is 2. The van der Waals surface area contributed by atoms with Crippen molar-refractivity contribution < 1.29 is 4.52 Å². The first-order valence-corrected chi connectivity index (χ1v) is 2.83. The molecule has 0 amide bonds. The third-order valence-electron chi connectivity index (χ3n) is 1.29. The third-order valence-corrected chi connectivity index (χ3v) is 1.29. The molecule has 0 atom stereocenters. The van der Waals surface area contributed by atoms with E-state index >= 15 is 0 Å². The number of rotatable bonds is 0. The maximum Gasteiger partial charge on any atom is 0.133 e. The Morgan fingerprint density at radius 1 is 1.60 bits per heavy atom. The Bertz CT molecular complexity index is 400. The van der Waals surface area contributed by atoms with Crippen LogP contribution in [0.1, 0.15) is 0 Å². The molecule has 0 aliphatic carbocycles. The first kappa shape index (κ1) is 5.22. The SMILES string of the molecule is N=c1ccon2cncc12. The molecular formula is C6H5N3O. The Labute approximate surface area is 56.2 Å². The minimum atomic E-state index is 0.420. The molecule has 4 heteroatoms. The van der Waals surface area contributed by atoms with Crippen LogP contribution in [0.25, 0.3) is 5.52 Å². The molecule has 0 aliphatic heterocycles. The maximum atomic E-state index is 7.36.